The molecule has 206 valence electrons. The van der Waals surface area contributed by atoms with Gasteiger partial charge in [-0.25, -0.2) is 4.68 Å². The molecule has 1 fully saturated rings. The summed E-state index contributed by atoms with van der Waals surface area (Å²) >= 11 is 0. The Kier molecular flexibility index (Phi) is 7.18. The van der Waals surface area contributed by atoms with Crippen molar-refractivity contribution >= 4 is 11.6 Å². The Morgan fingerprint density at radius 3 is 2.10 bits per heavy atom. The molecule has 0 radical (unpaired) electrons. The summed E-state index contributed by atoms with van der Waals surface area (Å²) in [5.41, 5.74) is 3.59. The first kappa shape index (κ1) is 26.2. The van der Waals surface area contributed by atoms with E-state index in [0.29, 0.717) is 49.0 Å². The molecule has 2 aromatic heterocycles. The fraction of sp³-hybridized carbons (Fsp3) is 0.188. The van der Waals surface area contributed by atoms with Crippen molar-refractivity contribution in [1.82, 2.24) is 19.6 Å². The van der Waals surface area contributed by atoms with Crippen molar-refractivity contribution in [2.75, 3.05) is 26.2 Å². The molecule has 6 rings (SSSR count). The molecule has 0 spiro atoms. The van der Waals surface area contributed by atoms with Gasteiger partial charge in [-0.2, -0.15) is 5.10 Å². The SMILES string of the molecule is Cc1ccc(-c2cc(C(=O)N3CCN(C(c4ccccc4)c4ccccc4)CC3)n(-c3cccc([N+](=O)[O-])c3)n2)o1. The van der Waals surface area contributed by atoms with E-state index in [1.54, 1.807) is 24.3 Å². The van der Waals surface area contributed by atoms with E-state index in [1.807, 2.05) is 30.0 Å². The van der Waals surface area contributed by atoms with E-state index >= 15 is 0 Å². The largest absolute Gasteiger partial charge is 0.460 e. The monoisotopic (exact) mass is 547 g/mol. The van der Waals surface area contributed by atoms with Gasteiger partial charge >= 0.3 is 0 Å². The maximum atomic E-state index is 14.0. The smallest absolute Gasteiger partial charge is 0.272 e. The van der Waals surface area contributed by atoms with Crippen molar-refractivity contribution in [2.45, 2.75) is 13.0 Å². The lowest BCUT2D eigenvalue weighted by atomic mass is 9.96. The summed E-state index contributed by atoms with van der Waals surface area (Å²) in [6.45, 7) is 4.28. The second-order valence-electron chi connectivity index (χ2n) is 10.1. The molecule has 1 aliphatic rings. The second-order valence-corrected chi connectivity index (χ2v) is 10.1. The molecule has 0 saturated carbocycles. The van der Waals surface area contributed by atoms with Crippen LogP contribution in [0.4, 0.5) is 5.69 Å². The number of aryl methyl sites for hydroxylation is 1. The summed E-state index contributed by atoms with van der Waals surface area (Å²) in [4.78, 5) is 29.2. The zero-order valence-corrected chi connectivity index (χ0v) is 22.6. The number of carbonyl (C=O) groups excluding carboxylic acids is 1. The van der Waals surface area contributed by atoms with Gasteiger partial charge in [-0.3, -0.25) is 19.8 Å². The van der Waals surface area contributed by atoms with Crippen molar-refractivity contribution in [2.24, 2.45) is 0 Å². The summed E-state index contributed by atoms with van der Waals surface area (Å²) < 4.78 is 7.25. The third kappa shape index (κ3) is 5.39. The molecule has 0 unspecified atom stereocenters. The van der Waals surface area contributed by atoms with E-state index in [2.05, 4.69) is 58.5 Å². The first-order valence-corrected chi connectivity index (χ1v) is 13.5. The minimum Gasteiger partial charge on any atom is -0.460 e. The molecule has 9 heteroatoms. The molecule has 1 saturated heterocycles. The van der Waals surface area contributed by atoms with Gasteiger partial charge in [-0.1, -0.05) is 66.7 Å². The molecule has 3 aromatic carbocycles. The quantitative estimate of drug-likeness (QED) is 0.186. The Hall–Kier alpha value is -5.02. The number of hydrogen-bond acceptors (Lipinski definition) is 6. The number of nitro groups is 1. The van der Waals surface area contributed by atoms with E-state index in [9.17, 15) is 14.9 Å². The van der Waals surface area contributed by atoms with Gasteiger partial charge < -0.3 is 9.32 Å². The topological polar surface area (TPSA) is 97.7 Å². The molecule has 41 heavy (non-hydrogen) atoms. The molecule has 5 aromatic rings. The number of nitrogens with zero attached hydrogens (tertiary/aromatic N) is 5. The number of piperazine rings is 1. The van der Waals surface area contributed by atoms with Gasteiger partial charge in [-0.05, 0) is 36.2 Å². The van der Waals surface area contributed by atoms with Crippen LogP contribution in [-0.4, -0.2) is 56.6 Å². The van der Waals surface area contributed by atoms with Crippen LogP contribution in [0, 0.1) is 17.0 Å². The molecule has 1 amide bonds. The Morgan fingerprint density at radius 2 is 1.51 bits per heavy atom. The van der Waals surface area contributed by atoms with E-state index in [1.165, 1.54) is 27.9 Å². The number of amides is 1. The van der Waals surface area contributed by atoms with E-state index in [0.717, 1.165) is 5.76 Å². The summed E-state index contributed by atoms with van der Waals surface area (Å²) in [5, 5.41) is 16.1. The lowest BCUT2D eigenvalue weighted by Gasteiger charge is -2.39. The predicted octanol–water partition coefficient (Wildman–Crippen LogP) is 5.90. The Bertz CT molecular complexity index is 1630. The van der Waals surface area contributed by atoms with Crippen molar-refractivity contribution in [3.63, 3.8) is 0 Å². The molecule has 0 N–H and O–H groups in total. The summed E-state index contributed by atoms with van der Waals surface area (Å²) in [6, 6.07) is 32.4. The molecular weight excluding hydrogens is 518 g/mol. The normalized spacial score (nSPS) is 14.0. The van der Waals surface area contributed by atoms with Crippen molar-refractivity contribution in [3.05, 3.63) is 136 Å². The van der Waals surface area contributed by atoms with E-state index in [-0.39, 0.29) is 17.6 Å². The van der Waals surface area contributed by atoms with Gasteiger partial charge in [0.2, 0.25) is 0 Å². The number of carbonyl (C=O) groups is 1. The molecular formula is C32H29N5O4. The van der Waals surface area contributed by atoms with Crippen molar-refractivity contribution < 1.29 is 14.1 Å². The van der Waals surface area contributed by atoms with Crippen LogP contribution >= 0.6 is 0 Å². The maximum Gasteiger partial charge on any atom is 0.272 e. The average molecular weight is 548 g/mol. The number of hydrogen-bond donors (Lipinski definition) is 0. The fourth-order valence-electron chi connectivity index (χ4n) is 5.39. The highest BCUT2D eigenvalue weighted by atomic mass is 16.6. The van der Waals surface area contributed by atoms with E-state index in [4.69, 9.17) is 4.42 Å². The summed E-state index contributed by atoms with van der Waals surface area (Å²) in [5.74, 6) is 1.06. The van der Waals surface area contributed by atoms with Crippen LogP contribution in [0.1, 0.15) is 33.4 Å². The molecule has 0 atom stereocenters. The standard InChI is InChI=1S/C32H29N5O4/c1-23-15-16-30(41-23)28-22-29(36(33-28)26-13-8-14-27(21-26)37(39)40)32(38)35-19-17-34(18-20-35)31(24-9-4-2-5-10-24)25-11-6-3-7-12-25/h2-16,21-22,31H,17-20H2,1H3. The lowest BCUT2D eigenvalue weighted by Crippen LogP contribution is -2.50. The Morgan fingerprint density at radius 1 is 0.854 bits per heavy atom. The van der Waals surface area contributed by atoms with Crippen LogP contribution in [0.2, 0.25) is 0 Å². The summed E-state index contributed by atoms with van der Waals surface area (Å²) in [7, 11) is 0. The van der Waals surface area contributed by atoms with Gasteiger partial charge in [0.1, 0.15) is 17.1 Å². The van der Waals surface area contributed by atoms with Gasteiger partial charge in [-0.15, -0.1) is 0 Å². The van der Waals surface area contributed by atoms with Crippen molar-refractivity contribution in [3.8, 4) is 17.1 Å². The van der Waals surface area contributed by atoms with Crippen LogP contribution in [0.25, 0.3) is 17.1 Å². The third-order valence-electron chi connectivity index (χ3n) is 7.40. The number of non-ortho nitro benzene ring substituents is 1. The Labute approximate surface area is 237 Å². The maximum absolute atomic E-state index is 14.0. The zero-order valence-electron chi connectivity index (χ0n) is 22.6. The van der Waals surface area contributed by atoms with Crippen LogP contribution in [-0.2, 0) is 0 Å². The first-order valence-electron chi connectivity index (χ1n) is 13.5. The zero-order chi connectivity index (χ0) is 28.3. The fourth-order valence-corrected chi connectivity index (χ4v) is 5.39. The van der Waals surface area contributed by atoms with Gasteiger partial charge in [0.15, 0.2) is 5.76 Å². The van der Waals surface area contributed by atoms with Crippen LogP contribution in [0.15, 0.2) is 108 Å². The van der Waals surface area contributed by atoms with E-state index < -0.39 is 4.92 Å². The first-order chi connectivity index (χ1) is 20.0. The number of nitro benzene ring substituents is 1. The highest BCUT2D eigenvalue weighted by molar-refractivity contribution is 5.94. The molecule has 0 bridgehead atoms. The van der Waals surface area contributed by atoms with Gasteiger partial charge in [0, 0.05) is 44.4 Å². The van der Waals surface area contributed by atoms with Crippen LogP contribution in [0.3, 0.4) is 0 Å². The third-order valence-corrected chi connectivity index (χ3v) is 7.40. The number of benzene rings is 3. The Balaban J connectivity index is 1.29. The number of furan rings is 1. The van der Waals surface area contributed by atoms with Crippen LogP contribution in [0.5, 0.6) is 0 Å². The highest BCUT2D eigenvalue weighted by Gasteiger charge is 2.31. The minimum atomic E-state index is -0.458. The van der Waals surface area contributed by atoms with Gasteiger partial charge in [0.25, 0.3) is 11.6 Å². The minimum absolute atomic E-state index is 0.0757. The molecule has 0 aliphatic carbocycles. The molecule has 3 heterocycles. The predicted molar refractivity (Wildman–Crippen MR) is 155 cm³/mol. The number of rotatable bonds is 7. The lowest BCUT2D eigenvalue weighted by molar-refractivity contribution is -0.384. The highest BCUT2D eigenvalue weighted by Crippen LogP contribution is 2.31. The molecule has 1 aliphatic heterocycles. The number of aromatic nitrogens is 2. The van der Waals surface area contributed by atoms with Crippen LogP contribution < -0.4 is 0 Å². The second kappa shape index (κ2) is 11.2. The molecule has 9 nitrogen and oxygen atoms in total. The summed E-state index contributed by atoms with van der Waals surface area (Å²) in [6.07, 6.45) is 0. The van der Waals surface area contributed by atoms with Crippen molar-refractivity contribution in [1.29, 1.82) is 0 Å². The average Bonchev–Trinajstić information content (AvgIpc) is 3.65. The van der Waals surface area contributed by atoms with Gasteiger partial charge in [0.05, 0.1) is 16.7 Å².